The first-order chi connectivity index (χ1) is 9.17. The number of nitrogens with two attached hydrogens (primary N) is 1. The topological polar surface area (TPSA) is 59.6 Å². The molecule has 3 N–H and O–H groups in total. The van der Waals surface area contributed by atoms with Gasteiger partial charge in [0.2, 0.25) is 0 Å². The number of unbranched alkanes of at least 4 members (excludes halogenated alkanes) is 1. The fourth-order valence-electron chi connectivity index (χ4n) is 1.62. The number of rotatable bonds is 7. The molecule has 0 aliphatic carbocycles. The third-order valence-electron chi connectivity index (χ3n) is 2.79. The lowest BCUT2D eigenvalue weighted by Crippen LogP contribution is -2.32. The van der Waals surface area contributed by atoms with Crippen LogP contribution in [0.15, 0.2) is 29.3 Å². The van der Waals surface area contributed by atoms with Crippen LogP contribution in [-0.2, 0) is 4.74 Å². The van der Waals surface area contributed by atoms with E-state index in [-0.39, 0.29) is 35.9 Å². The van der Waals surface area contributed by atoms with Crippen molar-refractivity contribution >= 4 is 29.9 Å². The molecule has 0 heterocycles. The molecule has 0 aliphatic rings. The van der Waals surface area contributed by atoms with Gasteiger partial charge < -0.3 is 15.8 Å². The number of nitrogens with one attached hydrogen (secondary N) is 1. The van der Waals surface area contributed by atoms with Gasteiger partial charge in [0.05, 0.1) is 6.54 Å². The third-order valence-corrected chi connectivity index (χ3v) is 2.79. The molecule has 4 nitrogen and oxygen atoms in total. The van der Waals surface area contributed by atoms with Crippen LogP contribution in [0.1, 0.15) is 31.4 Å². The van der Waals surface area contributed by atoms with Crippen molar-refractivity contribution in [3.8, 4) is 0 Å². The Labute approximate surface area is 137 Å². The maximum Gasteiger partial charge on any atom is 0.188 e. The lowest BCUT2D eigenvalue weighted by Gasteiger charge is -2.14. The Hall–Kier alpha value is -0.890. The van der Waals surface area contributed by atoms with Crippen molar-refractivity contribution in [3.63, 3.8) is 0 Å². The van der Waals surface area contributed by atoms with Crippen LogP contribution in [-0.4, -0.2) is 26.2 Å². The molecule has 6 heteroatoms. The van der Waals surface area contributed by atoms with E-state index in [1.807, 2.05) is 0 Å². The van der Waals surface area contributed by atoms with Crippen LogP contribution in [0.5, 0.6) is 0 Å². The predicted molar refractivity (Wildman–Crippen MR) is 91.0 cm³/mol. The number of nitrogens with zero attached hydrogens (tertiary/aromatic N) is 1. The molecular formula is C14H23FIN3O. The van der Waals surface area contributed by atoms with E-state index in [1.54, 1.807) is 19.2 Å². The van der Waals surface area contributed by atoms with Crippen LogP contribution in [0.3, 0.4) is 0 Å². The molecule has 0 saturated carbocycles. The predicted octanol–water partition coefficient (Wildman–Crippen LogP) is 2.84. The molecular weight excluding hydrogens is 372 g/mol. The highest BCUT2D eigenvalue weighted by atomic mass is 127. The Morgan fingerprint density at radius 2 is 2.05 bits per heavy atom. The summed E-state index contributed by atoms with van der Waals surface area (Å²) in [5.74, 6) is 0.153. The molecule has 0 spiro atoms. The van der Waals surface area contributed by atoms with E-state index in [9.17, 15) is 4.39 Å². The van der Waals surface area contributed by atoms with Gasteiger partial charge in [0.1, 0.15) is 11.9 Å². The fraction of sp³-hybridized carbons (Fsp3) is 0.500. The number of hydrogen-bond acceptors (Lipinski definition) is 2. The number of halogens is 2. The molecule has 0 aliphatic heterocycles. The number of aliphatic imine (C=N–C) groups is 1. The summed E-state index contributed by atoms with van der Waals surface area (Å²) in [4.78, 5) is 4.23. The van der Waals surface area contributed by atoms with Gasteiger partial charge in [-0.25, -0.2) is 4.39 Å². The molecule has 1 unspecified atom stereocenters. The zero-order valence-corrected chi connectivity index (χ0v) is 14.3. The number of guanidine groups is 1. The fourth-order valence-corrected chi connectivity index (χ4v) is 1.62. The molecule has 0 saturated heterocycles. The zero-order chi connectivity index (χ0) is 14.1. The van der Waals surface area contributed by atoms with Gasteiger partial charge in [-0.3, -0.25) is 4.99 Å². The normalized spacial score (nSPS) is 12.7. The van der Waals surface area contributed by atoms with Gasteiger partial charge in [-0.1, -0.05) is 25.5 Å². The Kier molecular flexibility index (Phi) is 10.4. The van der Waals surface area contributed by atoms with E-state index in [0.717, 1.165) is 24.9 Å². The van der Waals surface area contributed by atoms with Gasteiger partial charge in [0.15, 0.2) is 5.96 Å². The largest absolute Gasteiger partial charge is 0.375 e. The Morgan fingerprint density at radius 1 is 1.40 bits per heavy atom. The second kappa shape index (κ2) is 10.8. The summed E-state index contributed by atoms with van der Waals surface area (Å²) in [6.07, 6.45) is 1.95. The van der Waals surface area contributed by atoms with E-state index < -0.39 is 0 Å². The number of methoxy groups -OCH3 is 1. The maximum absolute atomic E-state index is 12.8. The standard InChI is InChI=1S/C14H22FN3O.HI/c1-3-4-9-17-14(16)18-10-13(19-2)11-5-7-12(15)8-6-11;/h5-8,13H,3-4,9-10H2,1-2H3,(H3,16,17,18);1H. The van der Waals surface area contributed by atoms with Crippen molar-refractivity contribution in [3.05, 3.63) is 35.6 Å². The van der Waals surface area contributed by atoms with Gasteiger partial charge in [-0.05, 0) is 24.1 Å². The van der Waals surface area contributed by atoms with Crippen LogP contribution >= 0.6 is 24.0 Å². The molecule has 1 aromatic rings. The van der Waals surface area contributed by atoms with Gasteiger partial charge >= 0.3 is 0 Å². The monoisotopic (exact) mass is 395 g/mol. The summed E-state index contributed by atoms with van der Waals surface area (Å²) in [6.45, 7) is 3.34. The Bertz CT molecular complexity index is 398. The van der Waals surface area contributed by atoms with E-state index in [1.165, 1.54) is 12.1 Å². The van der Waals surface area contributed by atoms with Crippen LogP contribution in [0.2, 0.25) is 0 Å². The first kappa shape index (κ1) is 19.1. The smallest absolute Gasteiger partial charge is 0.188 e. The van der Waals surface area contributed by atoms with E-state index >= 15 is 0 Å². The van der Waals surface area contributed by atoms with Crippen molar-refractivity contribution in [1.82, 2.24) is 5.32 Å². The summed E-state index contributed by atoms with van der Waals surface area (Å²) in [6, 6.07) is 6.21. The first-order valence-corrected chi connectivity index (χ1v) is 6.49. The molecule has 114 valence electrons. The van der Waals surface area contributed by atoms with E-state index in [4.69, 9.17) is 10.5 Å². The molecule has 0 radical (unpaired) electrons. The van der Waals surface area contributed by atoms with Crippen molar-refractivity contribution in [1.29, 1.82) is 0 Å². The van der Waals surface area contributed by atoms with Crippen molar-refractivity contribution < 1.29 is 9.13 Å². The third kappa shape index (κ3) is 7.04. The maximum atomic E-state index is 12.8. The highest BCUT2D eigenvalue weighted by Gasteiger charge is 2.09. The molecule has 0 amide bonds. The average molecular weight is 395 g/mol. The average Bonchev–Trinajstić information content (AvgIpc) is 2.41. The molecule has 0 aromatic heterocycles. The second-order valence-corrected chi connectivity index (χ2v) is 4.28. The molecule has 0 fully saturated rings. The van der Waals surface area contributed by atoms with Crippen LogP contribution in [0, 0.1) is 5.82 Å². The minimum Gasteiger partial charge on any atom is -0.375 e. The van der Waals surface area contributed by atoms with Gasteiger partial charge in [-0.2, -0.15) is 0 Å². The quantitative estimate of drug-likeness (QED) is 0.323. The van der Waals surface area contributed by atoms with Crippen molar-refractivity contribution in [2.24, 2.45) is 10.7 Å². The number of hydrogen-bond donors (Lipinski definition) is 2. The summed E-state index contributed by atoms with van der Waals surface area (Å²) < 4.78 is 18.2. The van der Waals surface area contributed by atoms with Gasteiger partial charge in [-0.15, -0.1) is 24.0 Å². The number of benzene rings is 1. The van der Waals surface area contributed by atoms with Crippen LogP contribution in [0.25, 0.3) is 0 Å². The van der Waals surface area contributed by atoms with Crippen molar-refractivity contribution in [2.45, 2.75) is 25.9 Å². The van der Waals surface area contributed by atoms with E-state index in [2.05, 4.69) is 17.2 Å². The summed E-state index contributed by atoms with van der Waals surface area (Å²) in [7, 11) is 1.60. The Balaban J connectivity index is 0.00000361. The molecule has 1 rings (SSSR count). The molecule has 1 aromatic carbocycles. The minimum absolute atomic E-state index is 0. The SMILES string of the molecule is CCCCNC(N)=NCC(OC)c1ccc(F)cc1.I. The van der Waals surface area contributed by atoms with E-state index in [0.29, 0.717) is 12.5 Å². The highest BCUT2D eigenvalue weighted by molar-refractivity contribution is 14.0. The summed E-state index contributed by atoms with van der Waals surface area (Å²) in [5.41, 5.74) is 6.63. The lowest BCUT2D eigenvalue weighted by atomic mass is 10.1. The first-order valence-electron chi connectivity index (χ1n) is 6.49. The summed E-state index contributed by atoms with van der Waals surface area (Å²) in [5, 5.41) is 3.04. The second-order valence-electron chi connectivity index (χ2n) is 4.28. The Morgan fingerprint density at radius 3 is 2.60 bits per heavy atom. The van der Waals surface area contributed by atoms with Crippen molar-refractivity contribution in [2.75, 3.05) is 20.2 Å². The van der Waals surface area contributed by atoms with Gasteiger partial charge in [0.25, 0.3) is 0 Å². The zero-order valence-electron chi connectivity index (χ0n) is 11.9. The minimum atomic E-state index is -0.261. The highest BCUT2D eigenvalue weighted by Crippen LogP contribution is 2.17. The van der Waals surface area contributed by atoms with Crippen LogP contribution < -0.4 is 11.1 Å². The van der Waals surface area contributed by atoms with Crippen LogP contribution in [0.4, 0.5) is 4.39 Å². The molecule has 1 atom stereocenters. The lowest BCUT2D eigenvalue weighted by molar-refractivity contribution is 0.111. The summed E-state index contributed by atoms with van der Waals surface area (Å²) >= 11 is 0. The molecule has 20 heavy (non-hydrogen) atoms. The van der Waals surface area contributed by atoms with Gasteiger partial charge in [0, 0.05) is 13.7 Å². The number of ether oxygens (including phenoxy) is 1. The molecule has 0 bridgehead atoms.